The number of benzene rings is 1. The number of aliphatic hydroxyl groups excluding tert-OH is 2. The van der Waals surface area contributed by atoms with Crippen molar-refractivity contribution in [2.75, 3.05) is 36.5 Å². The molecule has 0 fully saturated rings. The van der Waals surface area contributed by atoms with Crippen LogP contribution >= 0.6 is 0 Å². The molecule has 0 aliphatic carbocycles. The first-order valence-corrected chi connectivity index (χ1v) is 6.51. The van der Waals surface area contributed by atoms with Crippen molar-refractivity contribution in [2.24, 2.45) is 0 Å². The topological polar surface area (TPSA) is 72.8 Å². The molecule has 1 aromatic rings. The Bertz CT molecular complexity index is 388. The lowest BCUT2D eigenvalue weighted by atomic mass is 10.2. The molecule has 0 saturated carbocycles. The van der Waals surface area contributed by atoms with Gasteiger partial charge in [0.05, 0.1) is 0 Å². The Labute approximate surface area is 113 Å². The van der Waals surface area contributed by atoms with Crippen LogP contribution in [0.3, 0.4) is 0 Å². The summed E-state index contributed by atoms with van der Waals surface area (Å²) in [6.07, 6.45) is 1.35. The van der Waals surface area contributed by atoms with E-state index in [9.17, 15) is 4.79 Å². The second-order valence-corrected chi connectivity index (χ2v) is 4.37. The number of carbonyl (C=O) groups excluding carboxylic acids is 1. The molecule has 3 N–H and O–H groups in total. The van der Waals surface area contributed by atoms with Gasteiger partial charge in [-0.25, -0.2) is 0 Å². The van der Waals surface area contributed by atoms with Gasteiger partial charge in [0.25, 0.3) is 0 Å². The lowest BCUT2D eigenvalue weighted by molar-refractivity contribution is -0.114. The smallest absolute Gasteiger partial charge is 0.221 e. The van der Waals surface area contributed by atoms with Crippen molar-refractivity contribution >= 4 is 17.3 Å². The molecule has 0 aliphatic heterocycles. The van der Waals surface area contributed by atoms with Gasteiger partial charge in [-0.05, 0) is 31.0 Å². The maximum atomic E-state index is 11.0. The third-order valence-corrected chi connectivity index (χ3v) is 2.70. The number of amides is 1. The molecule has 106 valence electrons. The molecule has 0 atom stereocenters. The number of aliphatic hydroxyl groups is 2. The first-order chi connectivity index (χ1) is 9.17. The SMILES string of the molecule is CC(=O)Nc1cccc(N(CCCO)CCCO)c1. The van der Waals surface area contributed by atoms with E-state index in [0.29, 0.717) is 12.8 Å². The third-order valence-electron chi connectivity index (χ3n) is 2.70. The average Bonchev–Trinajstić information content (AvgIpc) is 2.38. The minimum atomic E-state index is -0.102. The zero-order valence-corrected chi connectivity index (χ0v) is 11.3. The molecular formula is C14H22N2O3. The first kappa shape index (κ1) is 15.5. The van der Waals surface area contributed by atoms with E-state index >= 15 is 0 Å². The largest absolute Gasteiger partial charge is 0.396 e. The van der Waals surface area contributed by atoms with Crippen molar-refractivity contribution in [3.63, 3.8) is 0 Å². The number of hydrogen-bond acceptors (Lipinski definition) is 4. The molecule has 0 spiro atoms. The van der Waals surface area contributed by atoms with Crippen LogP contribution in [0.15, 0.2) is 24.3 Å². The van der Waals surface area contributed by atoms with Gasteiger partial charge in [0.15, 0.2) is 0 Å². The van der Waals surface area contributed by atoms with Gasteiger partial charge in [0.2, 0.25) is 5.91 Å². The number of nitrogens with one attached hydrogen (secondary N) is 1. The van der Waals surface area contributed by atoms with Crippen LogP contribution in [0.5, 0.6) is 0 Å². The summed E-state index contributed by atoms with van der Waals surface area (Å²) in [4.78, 5) is 13.1. The van der Waals surface area contributed by atoms with Crippen molar-refractivity contribution in [1.29, 1.82) is 0 Å². The second kappa shape index (κ2) is 8.50. The third kappa shape index (κ3) is 5.72. The normalized spacial score (nSPS) is 10.3. The van der Waals surface area contributed by atoms with Gasteiger partial charge < -0.3 is 20.4 Å². The fraction of sp³-hybridized carbons (Fsp3) is 0.500. The van der Waals surface area contributed by atoms with E-state index in [4.69, 9.17) is 10.2 Å². The maximum Gasteiger partial charge on any atom is 0.221 e. The average molecular weight is 266 g/mol. The predicted molar refractivity (Wildman–Crippen MR) is 76.4 cm³/mol. The van der Waals surface area contributed by atoms with E-state index in [1.807, 2.05) is 24.3 Å². The van der Waals surface area contributed by atoms with Gasteiger partial charge in [0.1, 0.15) is 0 Å². The Morgan fingerprint density at radius 1 is 1.21 bits per heavy atom. The molecule has 19 heavy (non-hydrogen) atoms. The highest BCUT2D eigenvalue weighted by molar-refractivity contribution is 5.89. The van der Waals surface area contributed by atoms with Crippen LogP contribution in [-0.2, 0) is 4.79 Å². The summed E-state index contributed by atoms with van der Waals surface area (Å²) in [6.45, 7) is 3.20. The van der Waals surface area contributed by atoms with Crippen molar-refractivity contribution in [2.45, 2.75) is 19.8 Å². The van der Waals surface area contributed by atoms with E-state index in [2.05, 4.69) is 10.2 Å². The summed E-state index contributed by atoms with van der Waals surface area (Å²) < 4.78 is 0. The Kier molecular flexibility index (Phi) is 6.92. The maximum absolute atomic E-state index is 11.0. The van der Waals surface area contributed by atoms with Gasteiger partial charge in [-0.2, -0.15) is 0 Å². The van der Waals surface area contributed by atoms with E-state index < -0.39 is 0 Å². The van der Waals surface area contributed by atoms with Gasteiger partial charge >= 0.3 is 0 Å². The molecule has 0 unspecified atom stereocenters. The summed E-state index contributed by atoms with van der Waals surface area (Å²) >= 11 is 0. The lowest BCUT2D eigenvalue weighted by Crippen LogP contribution is -2.27. The van der Waals surface area contributed by atoms with Crippen molar-refractivity contribution in [1.82, 2.24) is 0 Å². The molecule has 0 heterocycles. The van der Waals surface area contributed by atoms with Gasteiger partial charge in [-0.1, -0.05) is 6.07 Å². The Balaban J connectivity index is 2.78. The quantitative estimate of drug-likeness (QED) is 0.661. The van der Waals surface area contributed by atoms with Crippen LogP contribution in [-0.4, -0.2) is 42.4 Å². The Morgan fingerprint density at radius 2 is 1.84 bits per heavy atom. The van der Waals surface area contributed by atoms with E-state index in [-0.39, 0.29) is 19.1 Å². The van der Waals surface area contributed by atoms with E-state index in [0.717, 1.165) is 24.5 Å². The molecule has 1 aromatic carbocycles. The fourth-order valence-electron chi connectivity index (χ4n) is 1.88. The Hall–Kier alpha value is -1.59. The van der Waals surface area contributed by atoms with Crippen LogP contribution in [0, 0.1) is 0 Å². The van der Waals surface area contributed by atoms with Crippen LogP contribution in [0.2, 0.25) is 0 Å². The van der Waals surface area contributed by atoms with Crippen molar-refractivity contribution < 1.29 is 15.0 Å². The molecule has 0 radical (unpaired) electrons. The van der Waals surface area contributed by atoms with Crippen molar-refractivity contribution in [3.8, 4) is 0 Å². The molecule has 1 amide bonds. The minimum Gasteiger partial charge on any atom is -0.396 e. The predicted octanol–water partition coefficient (Wildman–Crippen LogP) is 1.22. The van der Waals surface area contributed by atoms with Crippen LogP contribution in [0.1, 0.15) is 19.8 Å². The van der Waals surface area contributed by atoms with Crippen LogP contribution in [0.25, 0.3) is 0 Å². The highest BCUT2D eigenvalue weighted by Crippen LogP contribution is 2.20. The number of carbonyl (C=O) groups is 1. The molecule has 5 heteroatoms. The molecule has 0 bridgehead atoms. The first-order valence-electron chi connectivity index (χ1n) is 6.51. The molecule has 0 aromatic heterocycles. The number of rotatable bonds is 8. The summed E-state index contributed by atoms with van der Waals surface area (Å²) in [7, 11) is 0. The van der Waals surface area contributed by atoms with Crippen LogP contribution < -0.4 is 10.2 Å². The molecule has 1 rings (SSSR count). The monoisotopic (exact) mass is 266 g/mol. The van der Waals surface area contributed by atoms with E-state index in [1.165, 1.54) is 6.92 Å². The highest BCUT2D eigenvalue weighted by atomic mass is 16.3. The summed E-state index contributed by atoms with van der Waals surface area (Å²) in [5.41, 5.74) is 1.73. The number of hydrogen-bond donors (Lipinski definition) is 3. The minimum absolute atomic E-state index is 0.102. The summed E-state index contributed by atoms with van der Waals surface area (Å²) in [5, 5.41) is 20.6. The molecule has 0 saturated heterocycles. The van der Waals surface area contributed by atoms with E-state index in [1.54, 1.807) is 0 Å². The van der Waals surface area contributed by atoms with Crippen molar-refractivity contribution in [3.05, 3.63) is 24.3 Å². The highest BCUT2D eigenvalue weighted by Gasteiger charge is 2.07. The number of anilines is 2. The summed E-state index contributed by atoms with van der Waals surface area (Å²) in [5.74, 6) is -0.102. The number of nitrogens with zero attached hydrogens (tertiary/aromatic N) is 1. The lowest BCUT2D eigenvalue weighted by Gasteiger charge is -2.25. The fourth-order valence-corrected chi connectivity index (χ4v) is 1.88. The standard InChI is InChI=1S/C14H22N2O3/c1-12(19)15-13-5-2-6-14(11-13)16(7-3-9-17)8-4-10-18/h2,5-6,11,17-18H,3-4,7-10H2,1H3,(H,15,19). The van der Waals surface area contributed by atoms with Gasteiger partial charge in [-0.3, -0.25) is 4.79 Å². The van der Waals surface area contributed by atoms with Gasteiger partial charge in [0, 0.05) is 44.6 Å². The molecule has 5 nitrogen and oxygen atoms in total. The second-order valence-electron chi connectivity index (χ2n) is 4.37. The zero-order valence-electron chi connectivity index (χ0n) is 11.3. The van der Waals surface area contributed by atoms with Crippen LogP contribution in [0.4, 0.5) is 11.4 Å². The Morgan fingerprint density at radius 3 is 2.37 bits per heavy atom. The molecule has 0 aliphatic rings. The summed E-state index contributed by atoms with van der Waals surface area (Å²) in [6, 6.07) is 7.57. The molecular weight excluding hydrogens is 244 g/mol. The zero-order chi connectivity index (χ0) is 14.1. The van der Waals surface area contributed by atoms with Gasteiger partial charge in [-0.15, -0.1) is 0 Å².